The largest absolute Gasteiger partial charge is 0.393 e. The van der Waals surface area contributed by atoms with E-state index in [1.54, 1.807) is 0 Å². The lowest BCUT2D eigenvalue weighted by atomic mass is 9.90. The number of hydrogen-bond acceptors (Lipinski definition) is 3. The lowest BCUT2D eigenvalue weighted by Crippen LogP contribution is -2.36. The van der Waals surface area contributed by atoms with Crippen LogP contribution in [0.4, 0.5) is 0 Å². The van der Waals surface area contributed by atoms with Crippen LogP contribution in [0.25, 0.3) is 0 Å². The third-order valence-electron chi connectivity index (χ3n) is 3.40. The zero-order valence-electron chi connectivity index (χ0n) is 11.4. The fraction of sp³-hybridized carbons (Fsp3) is 0.923. The second-order valence-electron chi connectivity index (χ2n) is 5.72. The van der Waals surface area contributed by atoms with E-state index < -0.39 is 0 Å². The molecule has 1 saturated heterocycles. The van der Waals surface area contributed by atoms with Gasteiger partial charge in [0.05, 0.1) is 23.3 Å². The van der Waals surface area contributed by atoms with Gasteiger partial charge in [0, 0.05) is 12.0 Å². The van der Waals surface area contributed by atoms with Crippen LogP contribution >= 0.6 is 12.2 Å². The predicted molar refractivity (Wildman–Crippen MR) is 74.2 cm³/mol. The van der Waals surface area contributed by atoms with E-state index in [1.807, 2.05) is 0 Å². The molecule has 17 heavy (non-hydrogen) atoms. The molecule has 4 heteroatoms. The molecule has 0 aromatic carbocycles. The van der Waals surface area contributed by atoms with Crippen molar-refractivity contribution in [1.29, 1.82) is 0 Å². The molecule has 1 aliphatic rings. The molecule has 2 N–H and O–H groups in total. The standard InChI is InChI=1S/C13H25NO2S/c1-9-7-11(8-10(2)16-9)15-6-5-13(3,4)12(14)17/h9-11H,5-8H2,1-4H3,(H2,14,17). The van der Waals surface area contributed by atoms with E-state index >= 15 is 0 Å². The number of ether oxygens (including phenoxy) is 2. The Morgan fingerprint density at radius 2 is 1.88 bits per heavy atom. The third-order valence-corrected chi connectivity index (χ3v) is 3.95. The Morgan fingerprint density at radius 3 is 2.35 bits per heavy atom. The van der Waals surface area contributed by atoms with Crippen molar-refractivity contribution in [1.82, 2.24) is 0 Å². The highest BCUT2D eigenvalue weighted by atomic mass is 32.1. The van der Waals surface area contributed by atoms with Crippen molar-refractivity contribution in [2.75, 3.05) is 6.61 Å². The predicted octanol–water partition coefficient (Wildman–Crippen LogP) is 2.66. The summed E-state index contributed by atoms with van der Waals surface area (Å²) < 4.78 is 11.6. The molecule has 1 aliphatic heterocycles. The smallest absolute Gasteiger partial charge is 0.0785 e. The first kappa shape index (κ1) is 14.9. The number of hydrogen-bond donors (Lipinski definition) is 1. The molecule has 0 bridgehead atoms. The van der Waals surface area contributed by atoms with Crippen LogP contribution in [0.15, 0.2) is 0 Å². The van der Waals surface area contributed by atoms with Gasteiger partial charge in [-0.15, -0.1) is 0 Å². The Balaban J connectivity index is 2.29. The zero-order chi connectivity index (χ0) is 13.1. The van der Waals surface area contributed by atoms with Crippen molar-refractivity contribution in [2.24, 2.45) is 11.1 Å². The summed E-state index contributed by atoms with van der Waals surface area (Å²) in [7, 11) is 0. The molecule has 0 aliphatic carbocycles. The van der Waals surface area contributed by atoms with Crippen LogP contribution < -0.4 is 5.73 Å². The van der Waals surface area contributed by atoms with Crippen molar-refractivity contribution in [2.45, 2.75) is 65.3 Å². The highest BCUT2D eigenvalue weighted by Gasteiger charge is 2.26. The summed E-state index contributed by atoms with van der Waals surface area (Å²) in [4.78, 5) is 0.565. The molecule has 1 rings (SSSR count). The normalized spacial score (nSPS) is 30.2. The van der Waals surface area contributed by atoms with E-state index in [9.17, 15) is 0 Å². The van der Waals surface area contributed by atoms with Crippen molar-refractivity contribution in [3.63, 3.8) is 0 Å². The van der Waals surface area contributed by atoms with Gasteiger partial charge in [-0.1, -0.05) is 26.1 Å². The fourth-order valence-corrected chi connectivity index (χ4v) is 2.19. The fourth-order valence-electron chi connectivity index (χ4n) is 2.08. The first-order valence-corrected chi connectivity index (χ1v) is 6.79. The van der Waals surface area contributed by atoms with Crippen LogP contribution in [0.5, 0.6) is 0 Å². The lowest BCUT2D eigenvalue weighted by Gasteiger charge is -2.33. The third kappa shape index (κ3) is 4.90. The molecular formula is C13H25NO2S. The molecule has 1 heterocycles. The monoisotopic (exact) mass is 259 g/mol. The van der Waals surface area contributed by atoms with Crippen LogP contribution in [0.1, 0.15) is 47.0 Å². The SMILES string of the molecule is CC1CC(OCCC(C)(C)C(N)=S)CC(C)O1. The van der Waals surface area contributed by atoms with Crippen molar-refractivity contribution >= 4 is 17.2 Å². The average Bonchev–Trinajstić information content (AvgIpc) is 2.15. The highest BCUT2D eigenvalue weighted by molar-refractivity contribution is 7.80. The van der Waals surface area contributed by atoms with Gasteiger partial charge in [0.2, 0.25) is 0 Å². The molecule has 0 radical (unpaired) electrons. The maximum Gasteiger partial charge on any atom is 0.0785 e. The highest BCUT2D eigenvalue weighted by Crippen LogP contribution is 2.24. The van der Waals surface area contributed by atoms with Gasteiger partial charge in [-0.05, 0) is 33.1 Å². The van der Waals surface area contributed by atoms with Gasteiger partial charge < -0.3 is 15.2 Å². The minimum Gasteiger partial charge on any atom is -0.393 e. The van der Waals surface area contributed by atoms with Gasteiger partial charge in [-0.25, -0.2) is 0 Å². The number of rotatable bonds is 5. The van der Waals surface area contributed by atoms with Gasteiger partial charge in [0.1, 0.15) is 0 Å². The summed E-state index contributed by atoms with van der Waals surface area (Å²) in [5.74, 6) is 0. The lowest BCUT2D eigenvalue weighted by molar-refractivity contribution is -0.103. The molecule has 2 unspecified atom stereocenters. The summed E-state index contributed by atoms with van der Waals surface area (Å²) >= 11 is 5.04. The van der Waals surface area contributed by atoms with Gasteiger partial charge in [0.15, 0.2) is 0 Å². The molecule has 0 spiro atoms. The first-order chi connectivity index (χ1) is 7.81. The summed E-state index contributed by atoms with van der Waals surface area (Å²) in [5.41, 5.74) is 5.58. The maximum atomic E-state index is 5.91. The number of thiocarbonyl (C=S) groups is 1. The summed E-state index contributed by atoms with van der Waals surface area (Å²) in [6, 6.07) is 0. The Labute approximate surface area is 110 Å². The molecule has 0 saturated carbocycles. The van der Waals surface area contributed by atoms with Crippen LogP contribution in [0.2, 0.25) is 0 Å². The molecule has 3 nitrogen and oxygen atoms in total. The minimum absolute atomic E-state index is 0.113. The molecule has 0 aromatic heterocycles. The molecule has 2 atom stereocenters. The van der Waals surface area contributed by atoms with Gasteiger partial charge >= 0.3 is 0 Å². The summed E-state index contributed by atoms with van der Waals surface area (Å²) in [5, 5.41) is 0. The van der Waals surface area contributed by atoms with E-state index in [2.05, 4.69) is 27.7 Å². The number of nitrogens with two attached hydrogens (primary N) is 1. The quantitative estimate of drug-likeness (QED) is 0.771. The zero-order valence-corrected chi connectivity index (χ0v) is 12.2. The summed E-state index contributed by atoms with van der Waals surface area (Å²) in [6.45, 7) is 9.05. The molecule has 100 valence electrons. The van der Waals surface area contributed by atoms with Crippen molar-refractivity contribution < 1.29 is 9.47 Å². The van der Waals surface area contributed by atoms with Crippen LogP contribution in [0, 0.1) is 5.41 Å². The minimum atomic E-state index is -0.113. The Hall–Kier alpha value is -0.190. The van der Waals surface area contributed by atoms with E-state index in [0.29, 0.717) is 29.9 Å². The maximum absolute atomic E-state index is 5.91. The average molecular weight is 259 g/mol. The second-order valence-corrected chi connectivity index (χ2v) is 6.16. The van der Waals surface area contributed by atoms with E-state index in [4.69, 9.17) is 27.4 Å². The summed E-state index contributed by atoms with van der Waals surface area (Å²) in [6.07, 6.45) is 3.76. The topological polar surface area (TPSA) is 44.5 Å². The van der Waals surface area contributed by atoms with Gasteiger partial charge in [0.25, 0.3) is 0 Å². The van der Waals surface area contributed by atoms with Crippen LogP contribution in [-0.4, -0.2) is 29.9 Å². The van der Waals surface area contributed by atoms with Gasteiger partial charge in [-0.2, -0.15) is 0 Å². The molecule has 1 fully saturated rings. The van der Waals surface area contributed by atoms with Crippen molar-refractivity contribution in [3.8, 4) is 0 Å². The van der Waals surface area contributed by atoms with Gasteiger partial charge in [-0.3, -0.25) is 0 Å². The molecule has 0 aromatic rings. The van der Waals surface area contributed by atoms with E-state index in [1.165, 1.54) is 0 Å². The Morgan fingerprint density at radius 1 is 1.35 bits per heavy atom. The Bertz CT molecular complexity index is 258. The first-order valence-electron chi connectivity index (χ1n) is 6.38. The molecular weight excluding hydrogens is 234 g/mol. The van der Waals surface area contributed by atoms with Crippen molar-refractivity contribution in [3.05, 3.63) is 0 Å². The van der Waals surface area contributed by atoms with Crippen LogP contribution in [-0.2, 0) is 9.47 Å². The second kappa shape index (κ2) is 6.12. The van der Waals surface area contributed by atoms with Crippen LogP contribution in [0.3, 0.4) is 0 Å². The Kier molecular flexibility index (Phi) is 5.35. The van der Waals surface area contributed by atoms with E-state index in [-0.39, 0.29) is 5.41 Å². The van der Waals surface area contributed by atoms with E-state index in [0.717, 1.165) is 19.3 Å². The molecule has 0 amide bonds.